The average molecular weight is 250 g/mol. The second kappa shape index (κ2) is 4.48. The van der Waals surface area contributed by atoms with Crippen LogP contribution in [-0.4, -0.2) is 17.5 Å². The molecule has 0 aromatic rings. The lowest BCUT2D eigenvalue weighted by molar-refractivity contribution is -0.121. The fourth-order valence-electron chi connectivity index (χ4n) is 3.78. The lowest BCUT2D eigenvalue weighted by Crippen LogP contribution is -2.40. The highest BCUT2D eigenvalue weighted by Crippen LogP contribution is 2.54. The summed E-state index contributed by atoms with van der Waals surface area (Å²) in [7, 11) is 0. The fraction of sp³-hybridized carbons (Fsp3) is 0.812. The van der Waals surface area contributed by atoms with Gasteiger partial charge >= 0.3 is 0 Å². The van der Waals surface area contributed by atoms with Crippen LogP contribution in [0.2, 0.25) is 0 Å². The summed E-state index contributed by atoms with van der Waals surface area (Å²) < 4.78 is 6.30. The van der Waals surface area contributed by atoms with Crippen molar-refractivity contribution in [2.24, 2.45) is 5.41 Å². The smallest absolute Gasteiger partial charge is 0.158 e. The summed E-state index contributed by atoms with van der Waals surface area (Å²) >= 11 is 0. The minimum absolute atomic E-state index is 0.0996. The molecule has 2 aliphatic carbocycles. The van der Waals surface area contributed by atoms with Crippen molar-refractivity contribution in [1.82, 2.24) is 0 Å². The van der Waals surface area contributed by atoms with Crippen LogP contribution in [0.4, 0.5) is 0 Å². The zero-order valence-electron chi connectivity index (χ0n) is 12.4. The quantitative estimate of drug-likeness (QED) is 0.739. The topological polar surface area (TPSA) is 26.3 Å². The highest BCUT2D eigenvalue weighted by atomic mass is 16.5. The number of fused-ring (bicyclic) bond motifs is 1. The van der Waals surface area contributed by atoms with Crippen molar-refractivity contribution in [1.29, 1.82) is 0 Å². The minimum Gasteiger partial charge on any atom is -0.372 e. The second-order valence-corrected chi connectivity index (χ2v) is 6.79. The molecule has 2 aliphatic rings. The zero-order chi connectivity index (χ0) is 13.6. The van der Waals surface area contributed by atoms with Gasteiger partial charge in [0.1, 0.15) is 0 Å². The standard InChI is InChI=1S/C16H26O2/c1-6-16-10-9-13(17)11(2)12(16)7-8-14(16)18-15(3,4)5/h14H,6-10H2,1-5H3/t14-,16-/m0/s1. The molecule has 0 saturated heterocycles. The van der Waals surface area contributed by atoms with Gasteiger partial charge in [-0.25, -0.2) is 0 Å². The first-order valence-corrected chi connectivity index (χ1v) is 7.21. The molecule has 1 fully saturated rings. The molecule has 0 N–H and O–H groups in total. The maximum absolute atomic E-state index is 11.9. The minimum atomic E-state index is -0.0996. The van der Waals surface area contributed by atoms with E-state index in [-0.39, 0.29) is 11.0 Å². The summed E-state index contributed by atoms with van der Waals surface area (Å²) in [6, 6.07) is 0. The highest BCUT2D eigenvalue weighted by Gasteiger charge is 2.50. The van der Waals surface area contributed by atoms with Gasteiger partial charge in [-0.15, -0.1) is 0 Å². The van der Waals surface area contributed by atoms with Crippen LogP contribution in [0.25, 0.3) is 0 Å². The van der Waals surface area contributed by atoms with Crippen molar-refractivity contribution in [3.63, 3.8) is 0 Å². The maximum atomic E-state index is 11.9. The van der Waals surface area contributed by atoms with E-state index >= 15 is 0 Å². The Balaban J connectivity index is 2.36. The lowest BCUT2D eigenvalue weighted by atomic mass is 9.68. The first-order valence-electron chi connectivity index (χ1n) is 7.21. The molecular formula is C16H26O2. The Labute approximate surface area is 111 Å². The number of carbonyl (C=O) groups excluding carboxylic acids is 1. The highest BCUT2D eigenvalue weighted by molar-refractivity contribution is 5.97. The maximum Gasteiger partial charge on any atom is 0.158 e. The van der Waals surface area contributed by atoms with Gasteiger partial charge in [0, 0.05) is 11.8 Å². The van der Waals surface area contributed by atoms with Crippen LogP contribution in [0.3, 0.4) is 0 Å². The first kappa shape index (κ1) is 13.8. The van der Waals surface area contributed by atoms with E-state index in [1.165, 1.54) is 5.57 Å². The largest absolute Gasteiger partial charge is 0.372 e. The molecule has 2 nitrogen and oxygen atoms in total. The van der Waals surface area contributed by atoms with Crippen LogP contribution in [0.1, 0.15) is 66.7 Å². The fourth-order valence-corrected chi connectivity index (χ4v) is 3.78. The van der Waals surface area contributed by atoms with Gasteiger partial charge in [0.25, 0.3) is 0 Å². The molecule has 0 heterocycles. The number of allylic oxidation sites excluding steroid dienone is 1. The molecule has 2 rings (SSSR count). The van der Waals surface area contributed by atoms with E-state index in [9.17, 15) is 4.79 Å². The number of rotatable bonds is 2. The number of hydrogen-bond acceptors (Lipinski definition) is 2. The van der Waals surface area contributed by atoms with Gasteiger partial charge in [-0.1, -0.05) is 12.5 Å². The Bertz CT molecular complexity index is 386. The van der Waals surface area contributed by atoms with Gasteiger partial charge < -0.3 is 4.74 Å². The van der Waals surface area contributed by atoms with E-state index < -0.39 is 0 Å². The van der Waals surface area contributed by atoms with Crippen LogP contribution >= 0.6 is 0 Å². The third kappa shape index (κ3) is 2.16. The molecule has 0 amide bonds. The number of carbonyl (C=O) groups is 1. The molecule has 0 aromatic heterocycles. The average Bonchev–Trinajstić information content (AvgIpc) is 2.62. The van der Waals surface area contributed by atoms with Gasteiger partial charge in [0.15, 0.2) is 5.78 Å². The molecule has 18 heavy (non-hydrogen) atoms. The van der Waals surface area contributed by atoms with E-state index in [0.717, 1.165) is 31.3 Å². The zero-order valence-corrected chi connectivity index (χ0v) is 12.4. The normalized spacial score (nSPS) is 32.9. The van der Waals surface area contributed by atoms with Gasteiger partial charge in [-0.2, -0.15) is 0 Å². The van der Waals surface area contributed by atoms with Crippen molar-refractivity contribution in [3.05, 3.63) is 11.1 Å². The van der Waals surface area contributed by atoms with E-state index in [0.29, 0.717) is 18.3 Å². The second-order valence-electron chi connectivity index (χ2n) is 6.79. The third-order valence-corrected chi connectivity index (χ3v) is 4.67. The molecule has 0 aromatic carbocycles. The number of ketones is 1. The predicted octanol–water partition coefficient (Wildman–Crippen LogP) is 4.04. The number of ether oxygens (including phenoxy) is 1. The van der Waals surface area contributed by atoms with Crippen LogP contribution < -0.4 is 0 Å². The summed E-state index contributed by atoms with van der Waals surface area (Å²) in [5.74, 6) is 0.352. The summed E-state index contributed by atoms with van der Waals surface area (Å²) in [4.78, 5) is 11.9. The van der Waals surface area contributed by atoms with Crippen LogP contribution in [0.5, 0.6) is 0 Å². The van der Waals surface area contributed by atoms with E-state index in [1.54, 1.807) is 0 Å². The molecule has 1 saturated carbocycles. The summed E-state index contributed by atoms with van der Waals surface area (Å²) in [5, 5.41) is 0. The van der Waals surface area contributed by atoms with E-state index in [2.05, 4.69) is 27.7 Å². The Hall–Kier alpha value is -0.630. The molecule has 0 aliphatic heterocycles. The van der Waals surface area contributed by atoms with Crippen molar-refractivity contribution in [3.8, 4) is 0 Å². The molecule has 0 bridgehead atoms. The molecule has 0 unspecified atom stereocenters. The van der Waals surface area contributed by atoms with Gasteiger partial charge in [0.05, 0.1) is 11.7 Å². The van der Waals surface area contributed by atoms with Crippen LogP contribution in [0, 0.1) is 5.41 Å². The Kier molecular flexibility index (Phi) is 3.44. The Morgan fingerprint density at radius 1 is 1.33 bits per heavy atom. The van der Waals surface area contributed by atoms with Crippen molar-refractivity contribution in [2.45, 2.75) is 78.4 Å². The van der Waals surface area contributed by atoms with Crippen molar-refractivity contribution < 1.29 is 9.53 Å². The lowest BCUT2D eigenvalue weighted by Gasteiger charge is -2.41. The van der Waals surface area contributed by atoms with Gasteiger partial charge in [0.2, 0.25) is 0 Å². The molecule has 102 valence electrons. The molecule has 0 spiro atoms. The van der Waals surface area contributed by atoms with E-state index in [4.69, 9.17) is 4.74 Å². The van der Waals surface area contributed by atoms with Gasteiger partial charge in [-0.05, 0) is 59.0 Å². The van der Waals surface area contributed by atoms with Crippen molar-refractivity contribution in [2.75, 3.05) is 0 Å². The molecule has 2 heteroatoms. The van der Waals surface area contributed by atoms with Crippen molar-refractivity contribution >= 4 is 5.78 Å². The third-order valence-electron chi connectivity index (χ3n) is 4.67. The van der Waals surface area contributed by atoms with Gasteiger partial charge in [-0.3, -0.25) is 4.79 Å². The number of Topliss-reactive ketones (excluding diaryl/α,β-unsaturated/α-hetero) is 1. The molecule has 2 atom stereocenters. The first-order chi connectivity index (χ1) is 8.30. The Morgan fingerprint density at radius 2 is 2.00 bits per heavy atom. The van der Waals surface area contributed by atoms with Crippen LogP contribution in [-0.2, 0) is 9.53 Å². The number of hydrogen-bond donors (Lipinski definition) is 0. The predicted molar refractivity (Wildman–Crippen MR) is 73.5 cm³/mol. The summed E-state index contributed by atoms with van der Waals surface area (Å²) in [6.45, 7) is 10.6. The molecule has 0 radical (unpaired) electrons. The molecular weight excluding hydrogens is 224 g/mol. The summed E-state index contributed by atoms with van der Waals surface area (Å²) in [5.41, 5.74) is 2.47. The van der Waals surface area contributed by atoms with E-state index in [1.807, 2.05) is 6.92 Å². The SMILES string of the molecule is CC[C@]12CCC(=O)C(C)=C1CC[C@@H]2OC(C)(C)C. The Morgan fingerprint density at radius 3 is 2.56 bits per heavy atom. The van der Waals surface area contributed by atoms with Crippen LogP contribution in [0.15, 0.2) is 11.1 Å². The monoisotopic (exact) mass is 250 g/mol. The summed E-state index contributed by atoms with van der Waals surface area (Å²) in [6.07, 6.45) is 5.19.